The first-order valence-electron chi connectivity index (χ1n) is 4.28. The van der Waals surface area contributed by atoms with E-state index in [4.69, 9.17) is 11.6 Å². The molecule has 1 saturated carbocycles. The van der Waals surface area contributed by atoms with Crippen LogP contribution < -0.4 is 5.32 Å². The number of nitrogens with one attached hydrogen (secondary N) is 1. The third kappa shape index (κ3) is 2.23. The first kappa shape index (κ1) is 10.7. The monoisotopic (exact) mass is 341 g/mol. The maximum absolute atomic E-state index is 11.7. The van der Waals surface area contributed by atoms with Gasteiger partial charge in [-0.3, -0.25) is 4.79 Å². The molecule has 76 valence electrons. The van der Waals surface area contributed by atoms with Gasteiger partial charge in [0.15, 0.2) is 0 Å². The van der Waals surface area contributed by atoms with Crippen molar-refractivity contribution >= 4 is 51.4 Å². The van der Waals surface area contributed by atoms with E-state index in [2.05, 4.69) is 27.9 Å². The van der Waals surface area contributed by atoms with Crippen molar-refractivity contribution in [2.75, 3.05) is 5.88 Å². The average molecular weight is 342 g/mol. The van der Waals surface area contributed by atoms with E-state index < -0.39 is 0 Å². The lowest BCUT2D eigenvalue weighted by Gasteiger charge is -2.12. The number of carbonyl (C=O) groups is 1. The molecule has 5 heteroatoms. The number of alkyl halides is 1. The molecule has 14 heavy (non-hydrogen) atoms. The van der Waals surface area contributed by atoms with Gasteiger partial charge in [0.05, 0.1) is 14.0 Å². The third-order valence-electron chi connectivity index (χ3n) is 2.32. The maximum Gasteiger partial charge on any atom is 0.252 e. The molecule has 1 aromatic rings. The van der Waals surface area contributed by atoms with Gasteiger partial charge in [-0.2, -0.15) is 0 Å². The van der Waals surface area contributed by atoms with Gasteiger partial charge in [0.2, 0.25) is 0 Å². The SMILES string of the molecule is O=C(NC1(CCl)CC1)c1csc(I)c1. The van der Waals surface area contributed by atoms with E-state index in [1.807, 2.05) is 11.4 Å². The van der Waals surface area contributed by atoms with Crippen molar-refractivity contribution in [2.24, 2.45) is 0 Å². The van der Waals surface area contributed by atoms with E-state index in [1.165, 1.54) is 0 Å². The van der Waals surface area contributed by atoms with Gasteiger partial charge in [0.1, 0.15) is 0 Å². The van der Waals surface area contributed by atoms with Gasteiger partial charge >= 0.3 is 0 Å². The molecule has 1 heterocycles. The summed E-state index contributed by atoms with van der Waals surface area (Å²) in [4.78, 5) is 11.7. The molecule has 2 rings (SSSR count). The van der Waals surface area contributed by atoms with Crippen LogP contribution in [0.5, 0.6) is 0 Å². The summed E-state index contributed by atoms with van der Waals surface area (Å²) in [6, 6.07) is 1.89. The lowest BCUT2D eigenvalue weighted by Crippen LogP contribution is -2.37. The molecular weight excluding hydrogens is 333 g/mol. The van der Waals surface area contributed by atoms with Gasteiger partial charge in [0.25, 0.3) is 5.91 Å². The summed E-state index contributed by atoms with van der Waals surface area (Å²) in [5.41, 5.74) is 0.641. The topological polar surface area (TPSA) is 29.1 Å². The smallest absolute Gasteiger partial charge is 0.252 e. The average Bonchev–Trinajstić information content (AvgIpc) is 2.80. The van der Waals surface area contributed by atoms with Gasteiger partial charge in [-0.05, 0) is 41.5 Å². The maximum atomic E-state index is 11.7. The zero-order valence-corrected chi connectivity index (χ0v) is 11.1. The Kier molecular flexibility index (Phi) is 3.04. The number of carbonyl (C=O) groups excluding carboxylic acids is 1. The van der Waals surface area contributed by atoms with E-state index in [9.17, 15) is 4.79 Å². The van der Waals surface area contributed by atoms with Crippen LogP contribution in [0.15, 0.2) is 11.4 Å². The summed E-state index contributed by atoms with van der Waals surface area (Å²) in [7, 11) is 0. The van der Waals surface area contributed by atoms with Crippen molar-refractivity contribution in [1.82, 2.24) is 5.32 Å². The minimum atomic E-state index is -0.105. The molecule has 1 amide bonds. The van der Waals surface area contributed by atoms with Crippen molar-refractivity contribution < 1.29 is 4.79 Å². The number of thiophene rings is 1. The highest BCUT2D eigenvalue weighted by Gasteiger charge is 2.43. The number of rotatable bonds is 3. The predicted octanol–water partition coefficient (Wildman–Crippen LogP) is 2.85. The van der Waals surface area contributed by atoms with Gasteiger partial charge < -0.3 is 5.32 Å². The summed E-state index contributed by atoms with van der Waals surface area (Å²) in [5.74, 6) is 0.516. The fraction of sp³-hybridized carbons (Fsp3) is 0.444. The van der Waals surface area contributed by atoms with Crippen molar-refractivity contribution in [1.29, 1.82) is 0 Å². The molecule has 0 spiro atoms. The van der Waals surface area contributed by atoms with Crippen LogP contribution >= 0.6 is 45.5 Å². The zero-order valence-electron chi connectivity index (χ0n) is 7.35. The third-order valence-corrected chi connectivity index (χ3v) is 4.62. The number of hydrogen-bond acceptors (Lipinski definition) is 2. The first-order chi connectivity index (χ1) is 6.65. The highest BCUT2D eigenvalue weighted by atomic mass is 127. The van der Waals surface area contributed by atoms with Crippen LogP contribution in [-0.4, -0.2) is 17.3 Å². The molecule has 0 aliphatic heterocycles. The van der Waals surface area contributed by atoms with Crippen molar-refractivity contribution in [3.05, 3.63) is 19.9 Å². The second-order valence-electron chi connectivity index (χ2n) is 3.51. The molecule has 1 fully saturated rings. The second-order valence-corrected chi connectivity index (χ2v) is 6.58. The Morgan fingerprint density at radius 3 is 2.86 bits per heavy atom. The number of hydrogen-bond donors (Lipinski definition) is 1. The van der Waals surface area contributed by atoms with E-state index in [0.29, 0.717) is 5.88 Å². The predicted molar refractivity (Wildman–Crippen MR) is 67.2 cm³/mol. The Balaban J connectivity index is 2.03. The second kappa shape index (κ2) is 3.98. The van der Waals surface area contributed by atoms with Gasteiger partial charge in [-0.25, -0.2) is 0 Å². The van der Waals surface area contributed by atoms with Crippen molar-refractivity contribution in [2.45, 2.75) is 18.4 Å². The van der Waals surface area contributed by atoms with Crippen LogP contribution in [0.1, 0.15) is 23.2 Å². The molecule has 0 unspecified atom stereocenters. The van der Waals surface area contributed by atoms with Gasteiger partial charge in [-0.1, -0.05) is 0 Å². The molecule has 1 N–H and O–H groups in total. The molecule has 0 aromatic carbocycles. The van der Waals surface area contributed by atoms with Crippen LogP contribution in [-0.2, 0) is 0 Å². The van der Waals surface area contributed by atoms with Gasteiger partial charge in [-0.15, -0.1) is 22.9 Å². The fourth-order valence-corrected chi connectivity index (χ4v) is 2.85. The van der Waals surface area contributed by atoms with Gasteiger partial charge in [0, 0.05) is 11.3 Å². The molecule has 1 aliphatic carbocycles. The Bertz CT molecular complexity index is 361. The van der Waals surface area contributed by atoms with Crippen molar-refractivity contribution in [3.8, 4) is 0 Å². The van der Waals surface area contributed by atoms with Crippen LogP contribution in [0, 0.1) is 2.88 Å². The van der Waals surface area contributed by atoms with Crippen LogP contribution in [0.2, 0.25) is 0 Å². The Hall–Kier alpha value is 0.190. The summed E-state index contributed by atoms with van der Waals surface area (Å²) >= 11 is 9.57. The standard InChI is InChI=1S/C9H9ClINOS/c10-5-9(1-2-9)12-8(13)6-3-7(11)14-4-6/h3-4H,1-2,5H2,(H,12,13). The van der Waals surface area contributed by atoms with E-state index in [-0.39, 0.29) is 11.4 Å². The van der Waals surface area contributed by atoms with Crippen LogP contribution in [0.3, 0.4) is 0 Å². The molecule has 0 radical (unpaired) electrons. The fourth-order valence-electron chi connectivity index (χ4n) is 1.19. The first-order valence-corrected chi connectivity index (χ1v) is 6.77. The largest absolute Gasteiger partial charge is 0.345 e. The number of amides is 1. The van der Waals surface area contributed by atoms with E-state index in [1.54, 1.807) is 11.3 Å². The molecule has 0 bridgehead atoms. The quantitative estimate of drug-likeness (QED) is 0.665. The molecule has 0 atom stereocenters. The Labute approximate surface area is 105 Å². The normalized spacial score (nSPS) is 17.9. The summed E-state index contributed by atoms with van der Waals surface area (Å²) < 4.78 is 1.13. The lowest BCUT2D eigenvalue weighted by atomic mass is 10.2. The zero-order chi connectivity index (χ0) is 10.2. The molecule has 0 saturated heterocycles. The number of halogens is 2. The highest BCUT2D eigenvalue weighted by Crippen LogP contribution is 2.36. The Morgan fingerprint density at radius 2 is 2.43 bits per heavy atom. The van der Waals surface area contributed by atoms with E-state index >= 15 is 0 Å². The molecular formula is C9H9ClINOS. The highest BCUT2D eigenvalue weighted by molar-refractivity contribution is 14.1. The molecule has 2 nitrogen and oxygen atoms in total. The minimum absolute atomic E-state index is 0.00214. The van der Waals surface area contributed by atoms with Crippen LogP contribution in [0.4, 0.5) is 0 Å². The Morgan fingerprint density at radius 1 is 1.71 bits per heavy atom. The summed E-state index contributed by atoms with van der Waals surface area (Å²) in [6.07, 6.45) is 2.01. The van der Waals surface area contributed by atoms with Crippen molar-refractivity contribution in [3.63, 3.8) is 0 Å². The summed E-state index contributed by atoms with van der Waals surface area (Å²) in [6.45, 7) is 0. The molecule has 1 aliphatic rings. The minimum Gasteiger partial charge on any atom is -0.345 e. The van der Waals surface area contributed by atoms with E-state index in [0.717, 1.165) is 21.3 Å². The summed E-state index contributed by atoms with van der Waals surface area (Å²) in [5, 5.41) is 4.86. The lowest BCUT2D eigenvalue weighted by molar-refractivity contribution is 0.0936. The molecule has 1 aromatic heterocycles. The van der Waals surface area contributed by atoms with Crippen LogP contribution in [0.25, 0.3) is 0 Å².